The summed E-state index contributed by atoms with van der Waals surface area (Å²) in [6.45, 7) is 9.79. The predicted octanol–water partition coefficient (Wildman–Crippen LogP) is 0.685. The Hall–Kier alpha value is -3.28. The van der Waals surface area contributed by atoms with Gasteiger partial charge in [0.1, 0.15) is 36.0 Å². The molecule has 53 heavy (non-hydrogen) atoms. The second kappa shape index (κ2) is 28.2. The van der Waals surface area contributed by atoms with Crippen LogP contribution in [0.4, 0.5) is 0 Å². The number of nitrogens with two attached hydrogens (primary N) is 3. The molecule has 0 bridgehead atoms. The van der Waals surface area contributed by atoms with Crippen molar-refractivity contribution >= 4 is 53.1 Å². The van der Waals surface area contributed by atoms with E-state index in [0.29, 0.717) is 57.4 Å². The van der Waals surface area contributed by atoms with Crippen LogP contribution in [0.25, 0.3) is 0 Å². The number of thioether (sulfide) groups is 1. The summed E-state index contributed by atoms with van der Waals surface area (Å²) in [5.41, 5.74) is 17.4. The van der Waals surface area contributed by atoms with Crippen LogP contribution in [0.5, 0.6) is 0 Å². The molecule has 0 saturated heterocycles. The van der Waals surface area contributed by atoms with Gasteiger partial charge in [-0.25, -0.2) is 4.79 Å². The summed E-state index contributed by atoms with van der Waals surface area (Å²) in [4.78, 5) is 91.2. The van der Waals surface area contributed by atoms with Crippen LogP contribution in [0.15, 0.2) is 0 Å². The number of carbonyl (C=O) groups excluding carboxylic acids is 6. The van der Waals surface area contributed by atoms with Gasteiger partial charge in [0.2, 0.25) is 29.5 Å². The summed E-state index contributed by atoms with van der Waals surface area (Å²) in [5, 5.41) is 23.1. The smallest absolute Gasteiger partial charge is 0.326 e. The number of carboxylic acids is 1. The van der Waals surface area contributed by atoms with E-state index in [1.54, 1.807) is 13.8 Å². The summed E-state index contributed by atoms with van der Waals surface area (Å²) in [5.74, 6) is -4.20. The zero-order chi connectivity index (χ0) is 40.5. The number of Topliss-reactive ketones (excluding diaryl/α,β-unsaturated/α-hetero) is 1. The highest BCUT2D eigenvalue weighted by atomic mass is 32.2. The van der Waals surface area contributed by atoms with Crippen molar-refractivity contribution in [2.75, 3.05) is 25.1 Å². The lowest BCUT2D eigenvalue weighted by Gasteiger charge is -2.29. The molecule has 17 heteroatoms. The van der Waals surface area contributed by atoms with E-state index in [-0.39, 0.29) is 56.1 Å². The molecule has 0 rings (SSSR count). The van der Waals surface area contributed by atoms with Gasteiger partial charge >= 0.3 is 5.97 Å². The monoisotopic (exact) mass is 772 g/mol. The quantitative estimate of drug-likeness (QED) is 0.0456. The number of hydrogen-bond donors (Lipinski definition) is 9. The van der Waals surface area contributed by atoms with Crippen molar-refractivity contribution < 1.29 is 38.7 Å². The molecule has 0 fully saturated rings. The number of nitrogens with one attached hydrogen (secondary N) is 5. The molecular formula is C36H68N8O8S. The molecule has 0 aliphatic rings. The Balaban J connectivity index is 6.22. The highest BCUT2D eigenvalue weighted by Crippen LogP contribution is 2.13. The number of unbranched alkanes of at least 4 members (excludes halogenated alkanes) is 2. The summed E-state index contributed by atoms with van der Waals surface area (Å²) < 4.78 is 0. The molecule has 7 atom stereocenters. The first-order chi connectivity index (χ1) is 25.1. The fourth-order valence-electron chi connectivity index (χ4n) is 5.38. The Morgan fingerprint density at radius 1 is 0.642 bits per heavy atom. The predicted molar refractivity (Wildman–Crippen MR) is 208 cm³/mol. The molecule has 0 saturated carbocycles. The number of aliphatic carboxylic acids is 1. The molecule has 16 nitrogen and oxygen atoms in total. The maximum absolute atomic E-state index is 13.9. The minimum atomic E-state index is -1.18. The van der Waals surface area contributed by atoms with E-state index in [1.807, 2.05) is 27.0 Å². The SMILES string of the molecule is CCC(=O)CCC(N)C(=O)NC(C(=O)NC(CCCCN)C(=O)NC(CCCCN)C(=O)NC(CC(C)C)C(=O)NC(CCSC)C(=O)O)C(C)CC. The van der Waals surface area contributed by atoms with Crippen molar-refractivity contribution in [2.24, 2.45) is 29.0 Å². The van der Waals surface area contributed by atoms with Crippen LogP contribution < -0.4 is 43.8 Å². The van der Waals surface area contributed by atoms with Gasteiger partial charge in [-0.1, -0.05) is 41.0 Å². The first kappa shape index (κ1) is 49.7. The molecule has 0 spiro atoms. The van der Waals surface area contributed by atoms with E-state index < -0.39 is 71.8 Å². The number of ketones is 1. The van der Waals surface area contributed by atoms with Crippen molar-refractivity contribution in [2.45, 2.75) is 148 Å². The Morgan fingerprint density at radius 3 is 1.58 bits per heavy atom. The van der Waals surface area contributed by atoms with E-state index in [2.05, 4.69) is 26.6 Å². The molecule has 5 amide bonds. The van der Waals surface area contributed by atoms with Crippen LogP contribution in [0, 0.1) is 11.8 Å². The van der Waals surface area contributed by atoms with Crippen molar-refractivity contribution in [1.29, 1.82) is 0 Å². The van der Waals surface area contributed by atoms with Gasteiger partial charge in [-0.15, -0.1) is 0 Å². The van der Waals surface area contributed by atoms with Gasteiger partial charge in [0.05, 0.1) is 6.04 Å². The standard InChI is InChI=1S/C36H68N8O8S/c1-7-23(5)30(44-31(46)25(39)16-15-24(45)8-2)35(50)41-27(14-10-12-19-38)32(47)40-26(13-9-11-18-37)33(48)43-29(21-22(3)4)34(49)42-28(36(51)52)17-20-53-6/h22-23,25-30H,7-21,37-39H2,1-6H3,(H,40,47)(H,41,50)(H,42,49)(H,43,48)(H,44,46)(H,51,52). The van der Waals surface area contributed by atoms with Crippen LogP contribution in [0.3, 0.4) is 0 Å². The zero-order valence-corrected chi connectivity index (χ0v) is 33.5. The Bertz CT molecular complexity index is 1160. The summed E-state index contributed by atoms with van der Waals surface area (Å²) >= 11 is 1.45. The minimum Gasteiger partial charge on any atom is -0.480 e. The van der Waals surface area contributed by atoms with E-state index in [0.717, 1.165) is 0 Å². The Morgan fingerprint density at radius 2 is 1.13 bits per heavy atom. The van der Waals surface area contributed by atoms with Crippen LogP contribution in [-0.2, 0) is 33.6 Å². The molecule has 7 unspecified atom stereocenters. The number of rotatable bonds is 30. The highest BCUT2D eigenvalue weighted by Gasteiger charge is 2.34. The fourth-order valence-corrected chi connectivity index (χ4v) is 5.86. The number of carboxylic acid groups (broad SMARTS) is 1. The van der Waals surface area contributed by atoms with Gasteiger partial charge in [-0.05, 0) is 94.7 Å². The lowest BCUT2D eigenvalue weighted by Crippen LogP contribution is -2.60. The van der Waals surface area contributed by atoms with Gasteiger partial charge in [0.15, 0.2) is 0 Å². The van der Waals surface area contributed by atoms with E-state index in [1.165, 1.54) is 11.8 Å². The van der Waals surface area contributed by atoms with Crippen molar-refractivity contribution in [3.8, 4) is 0 Å². The van der Waals surface area contributed by atoms with Crippen LogP contribution in [0.1, 0.15) is 112 Å². The molecule has 0 aromatic carbocycles. The zero-order valence-electron chi connectivity index (χ0n) is 32.7. The molecule has 306 valence electrons. The summed E-state index contributed by atoms with van der Waals surface area (Å²) in [6.07, 6.45) is 5.82. The maximum Gasteiger partial charge on any atom is 0.326 e. The largest absolute Gasteiger partial charge is 0.480 e. The number of amides is 5. The van der Waals surface area contributed by atoms with E-state index in [4.69, 9.17) is 17.2 Å². The first-order valence-electron chi connectivity index (χ1n) is 19.0. The molecule has 0 heterocycles. The maximum atomic E-state index is 13.9. The van der Waals surface area contributed by atoms with Gasteiger partial charge in [0, 0.05) is 12.8 Å². The third-order valence-corrected chi connectivity index (χ3v) is 9.63. The average Bonchev–Trinajstić information content (AvgIpc) is 3.12. The van der Waals surface area contributed by atoms with Crippen LogP contribution in [-0.4, -0.2) is 108 Å². The van der Waals surface area contributed by atoms with Crippen molar-refractivity contribution in [3.63, 3.8) is 0 Å². The number of carbonyl (C=O) groups is 7. The van der Waals surface area contributed by atoms with Crippen LogP contribution in [0.2, 0.25) is 0 Å². The summed E-state index contributed by atoms with van der Waals surface area (Å²) in [6, 6.07) is -6.45. The van der Waals surface area contributed by atoms with E-state index >= 15 is 0 Å². The number of hydrogen-bond acceptors (Lipinski definition) is 11. The van der Waals surface area contributed by atoms with Gasteiger partial charge in [0.25, 0.3) is 0 Å². The summed E-state index contributed by atoms with van der Waals surface area (Å²) in [7, 11) is 0. The molecule has 12 N–H and O–H groups in total. The van der Waals surface area contributed by atoms with E-state index in [9.17, 15) is 38.7 Å². The Kier molecular flexibility index (Phi) is 26.5. The molecule has 0 aliphatic carbocycles. The molecule has 0 radical (unpaired) electrons. The Labute approximate surface area is 319 Å². The van der Waals surface area contributed by atoms with Crippen LogP contribution >= 0.6 is 11.8 Å². The lowest BCUT2D eigenvalue weighted by molar-refractivity contribution is -0.142. The molecular weight excluding hydrogens is 705 g/mol. The third-order valence-electron chi connectivity index (χ3n) is 8.98. The van der Waals surface area contributed by atoms with Crippen molar-refractivity contribution in [1.82, 2.24) is 26.6 Å². The second-order valence-electron chi connectivity index (χ2n) is 14.0. The van der Waals surface area contributed by atoms with Crippen molar-refractivity contribution in [3.05, 3.63) is 0 Å². The second-order valence-corrected chi connectivity index (χ2v) is 15.0. The lowest BCUT2D eigenvalue weighted by atomic mass is 9.96. The topological polar surface area (TPSA) is 278 Å². The van der Waals surface area contributed by atoms with Gasteiger partial charge in [-0.3, -0.25) is 28.8 Å². The molecule has 0 aromatic rings. The average molecular weight is 773 g/mol. The first-order valence-corrected chi connectivity index (χ1v) is 20.4. The third kappa shape index (κ3) is 20.7. The minimum absolute atomic E-state index is 0.0296. The normalized spacial score (nSPS) is 15.2. The molecule has 0 aromatic heterocycles. The van der Waals surface area contributed by atoms with Gasteiger partial charge < -0.3 is 48.9 Å². The highest BCUT2D eigenvalue weighted by molar-refractivity contribution is 7.98. The van der Waals surface area contributed by atoms with Gasteiger partial charge in [-0.2, -0.15) is 11.8 Å². The molecule has 0 aliphatic heterocycles. The fraction of sp³-hybridized carbons (Fsp3) is 0.806.